The summed E-state index contributed by atoms with van der Waals surface area (Å²) >= 11 is 6.08. The van der Waals surface area contributed by atoms with Crippen LogP contribution in [-0.2, 0) is 17.7 Å². The summed E-state index contributed by atoms with van der Waals surface area (Å²) in [7, 11) is 3.18. The monoisotopic (exact) mass is 308 g/mol. The lowest BCUT2D eigenvalue weighted by Crippen LogP contribution is -2.15. The highest BCUT2D eigenvalue weighted by molar-refractivity contribution is 6.33. The second-order valence-corrected chi connectivity index (χ2v) is 4.88. The quantitative estimate of drug-likeness (QED) is 0.738. The zero-order valence-electron chi connectivity index (χ0n) is 12.0. The molecule has 0 spiro atoms. The van der Waals surface area contributed by atoms with Gasteiger partial charge in [0.15, 0.2) is 5.78 Å². The standard InChI is InChI=1S/C15H17ClN2O3/c1-20-8-7-18-15(12(16)10-17-18)13(19)9-11-5-3-4-6-14(11)21-2/h3-6,10H,7-9H2,1-2H3. The van der Waals surface area contributed by atoms with Crippen LogP contribution in [0.3, 0.4) is 0 Å². The Kier molecular flexibility index (Phi) is 5.36. The van der Waals surface area contributed by atoms with Crippen molar-refractivity contribution in [3.63, 3.8) is 0 Å². The Balaban J connectivity index is 2.22. The van der Waals surface area contributed by atoms with Crippen LogP contribution in [0.4, 0.5) is 0 Å². The minimum Gasteiger partial charge on any atom is -0.496 e. The molecule has 0 amide bonds. The Hall–Kier alpha value is -1.85. The maximum Gasteiger partial charge on any atom is 0.186 e. The number of nitrogens with zero attached hydrogens (tertiary/aromatic N) is 2. The van der Waals surface area contributed by atoms with Crippen molar-refractivity contribution in [2.45, 2.75) is 13.0 Å². The van der Waals surface area contributed by atoms with E-state index >= 15 is 0 Å². The molecule has 0 N–H and O–H groups in total. The van der Waals surface area contributed by atoms with E-state index in [-0.39, 0.29) is 12.2 Å². The predicted molar refractivity (Wildman–Crippen MR) is 80.1 cm³/mol. The molecule has 0 fully saturated rings. The highest BCUT2D eigenvalue weighted by atomic mass is 35.5. The number of rotatable bonds is 7. The molecule has 0 aliphatic heterocycles. The molecule has 1 aromatic heterocycles. The second-order valence-electron chi connectivity index (χ2n) is 4.47. The Morgan fingerprint density at radius 1 is 1.33 bits per heavy atom. The predicted octanol–water partition coefficient (Wildman–Crippen LogP) is 2.62. The number of halogens is 1. The van der Waals surface area contributed by atoms with Crippen molar-refractivity contribution >= 4 is 17.4 Å². The van der Waals surface area contributed by atoms with Crippen LogP contribution in [-0.4, -0.2) is 36.4 Å². The lowest BCUT2D eigenvalue weighted by atomic mass is 10.1. The van der Waals surface area contributed by atoms with Crippen LogP contribution in [0.2, 0.25) is 5.02 Å². The summed E-state index contributed by atoms with van der Waals surface area (Å²) in [5.41, 5.74) is 1.22. The van der Waals surface area contributed by atoms with Crippen LogP contribution in [0.25, 0.3) is 0 Å². The summed E-state index contributed by atoms with van der Waals surface area (Å²) in [6, 6.07) is 7.42. The van der Waals surface area contributed by atoms with Crippen molar-refractivity contribution in [3.05, 3.63) is 46.7 Å². The summed E-state index contributed by atoms with van der Waals surface area (Å²) in [5, 5.41) is 4.46. The van der Waals surface area contributed by atoms with Crippen LogP contribution in [0, 0.1) is 0 Å². The fraction of sp³-hybridized carbons (Fsp3) is 0.333. The van der Waals surface area contributed by atoms with Gasteiger partial charge in [-0.1, -0.05) is 29.8 Å². The Morgan fingerprint density at radius 3 is 2.81 bits per heavy atom. The topological polar surface area (TPSA) is 53.4 Å². The smallest absolute Gasteiger partial charge is 0.186 e. The molecule has 0 unspecified atom stereocenters. The molecule has 2 rings (SSSR count). The maximum absolute atomic E-state index is 12.5. The molecule has 6 heteroatoms. The Labute approximate surface area is 128 Å². The molecule has 1 aromatic carbocycles. The van der Waals surface area contributed by atoms with Crippen molar-refractivity contribution in [2.24, 2.45) is 0 Å². The van der Waals surface area contributed by atoms with Gasteiger partial charge in [0.1, 0.15) is 11.4 Å². The zero-order valence-corrected chi connectivity index (χ0v) is 12.8. The average Bonchev–Trinajstić information content (AvgIpc) is 2.86. The fourth-order valence-electron chi connectivity index (χ4n) is 2.09. The average molecular weight is 309 g/mol. The molecule has 2 aromatic rings. The lowest BCUT2D eigenvalue weighted by Gasteiger charge is -2.09. The highest BCUT2D eigenvalue weighted by Gasteiger charge is 2.19. The van der Waals surface area contributed by atoms with Crippen LogP contribution < -0.4 is 4.74 Å². The molecule has 0 saturated carbocycles. The van der Waals surface area contributed by atoms with Crippen molar-refractivity contribution in [2.75, 3.05) is 20.8 Å². The number of hydrogen-bond acceptors (Lipinski definition) is 4. The molecule has 0 aliphatic rings. The van der Waals surface area contributed by atoms with Crippen molar-refractivity contribution < 1.29 is 14.3 Å². The van der Waals surface area contributed by atoms with Gasteiger partial charge in [-0.25, -0.2) is 0 Å². The summed E-state index contributed by atoms with van der Waals surface area (Å²) in [4.78, 5) is 12.5. The van der Waals surface area contributed by atoms with Crippen molar-refractivity contribution in [1.29, 1.82) is 0 Å². The number of benzene rings is 1. The van der Waals surface area contributed by atoms with Gasteiger partial charge in [-0.2, -0.15) is 5.10 Å². The fourth-order valence-corrected chi connectivity index (χ4v) is 2.34. The first-order chi connectivity index (χ1) is 10.2. The molecule has 5 nitrogen and oxygen atoms in total. The van der Waals surface area contributed by atoms with E-state index in [2.05, 4.69) is 5.10 Å². The number of methoxy groups -OCH3 is 2. The van der Waals surface area contributed by atoms with E-state index in [1.807, 2.05) is 24.3 Å². The van der Waals surface area contributed by atoms with E-state index in [1.165, 1.54) is 6.20 Å². The molecule has 21 heavy (non-hydrogen) atoms. The molecule has 112 valence electrons. The van der Waals surface area contributed by atoms with Gasteiger partial charge in [0.25, 0.3) is 0 Å². The summed E-state index contributed by atoms with van der Waals surface area (Å²) in [6.07, 6.45) is 1.69. The van der Waals surface area contributed by atoms with Gasteiger partial charge < -0.3 is 9.47 Å². The second kappa shape index (κ2) is 7.24. The first kappa shape index (κ1) is 15.5. The Morgan fingerprint density at radius 2 is 2.10 bits per heavy atom. The molecular formula is C15H17ClN2O3. The minimum atomic E-state index is -0.0990. The minimum absolute atomic E-state index is 0.0990. The van der Waals surface area contributed by atoms with Gasteiger partial charge in [0.2, 0.25) is 0 Å². The van der Waals surface area contributed by atoms with Gasteiger partial charge in [-0.3, -0.25) is 9.48 Å². The van der Waals surface area contributed by atoms with Crippen LogP contribution in [0.15, 0.2) is 30.5 Å². The number of aromatic nitrogens is 2. The molecule has 0 saturated heterocycles. The van der Waals surface area contributed by atoms with Gasteiger partial charge in [-0.05, 0) is 6.07 Å². The molecule has 0 bridgehead atoms. The number of hydrogen-bond donors (Lipinski definition) is 0. The molecule has 0 atom stereocenters. The maximum atomic E-state index is 12.5. The van der Waals surface area contributed by atoms with E-state index < -0.39 is 0 Å². The first-order valence-corrected chi connectivity index (χ1v) is 6.90. The van der Waals surface area contributed by atoms with Crippen molar-refractivity contribution in [1.82, 2.24) is 9.78 Å². The summed E-state index contributed by atoms with van der Waals surface area (Å²) in [6.45, 7) is 0.948. The Bertz CT molecular complexity index is 625. The van der Waals surface area contributed by atoms with E-state index in [0.717, 1.165) is 5.56 Å². The number of ether oxygens (including phenoxy) is 2. The van der Waals surface area contributed by atoms with Crippen LogP contribution in [0.1, 0.15) is 16.1 Å². The van der Waals surface area contributed by atoms with Gasteiger partial charge in [0.05, 0.1) is 31.5 Å². The number of carbonyl (C=O) groups excluding carboxylic acids is 1. The van der Waals surface area contributed by atoms with Gasteiger partial charge >= 0.3 is 0 Å². The molecular weight excluding hydrogens is 292 g/mol. The number of para-hydroxylation sites is 1. The third kappa shape index (κ3) is 3.62. The van der Waals surface area contributed by atoms with Gasteiger partial charge in [0, 0.05) is 19.1 Å². The third-order valence-corrected chi connectivity index (χ3v) is 3.39. The van der Waals surface area contributed by atoms with Gasteiger partial charge in [-0.15, -0.1) is 0 Å². The number of ketones is 1. The number of carbonyl (C=O) groups is 1. The van der Waals surface area contributed by atoms with Crippen LogP contribution in [0.5, 0.6) is 5.75 Å². The molecule has 0 aliphatic carbocycles. The SMILES string of the molecule is COCCn1ncc(Cl)c1C(=O)Cc1ccccc1OC. The first-order valence-electron chi connectivity index (χ1n) is 6.52. The van der Waals surface area contributed by atoms with E-state index in [4.69, 9.17) is 21.1 Å². The molecule has 1 heterocycles. The zero-order chi connectivity index (χ0) is 15.2. The molecule has 0 radical (unpaired) electrons. The lowest BCUT2D eigenvalue weighted by molar-refractivity contribution is 0.0978. The largest absolute Gasteiger partial charge is 0.496 e. The number of Topliss-reactive ketones (excluding diaryl/α,β-unsaturated/α-hetero) is 1. The third-order valence-electron chi connectivity index (χ3n) is 3.11. The van der Waals surface area contributed by atoms with E-state index in [9.17, 15) is 4.79 Å². The highest BCUT2D eigenvalue weighted by Crippen LogP contribution is 2.22. The van der Waals surface area contributed by atoms with E-state index in [0.29, 0.717) is 29.6 Å². The van der Waals surface area contributed by atoms with Crippen molar-refractivity contribution in [3.8, 4) is 5.75 Å². The normalized spacial score (nSPS) is 10.6. The van der Waals surface area contributed by atoms with Crippen LogP contribution >= 0.6 is 11.6 Å². The summed E-state index contributed by atoms with van der Waals surface area (Å²) < 4.78 is 11.8. The van der Waals surface area contributed by atoms with E-state index in [1.54, 1.807) is 18.9 Å². The summed E-state index contributed by atoms with van der Waals surface area (Å²) in [5.74, 6) is 0.586.